The highest BCUT2D eigenvalue weighted by Gasteiger charge is 2.05. The Morgan fingerprint density at radius 2 is 2.00 bits per heavy atom. The number of ether oxygens (including phenoxy) is 1. The van der Waals surface area contributed by atoms with Gasteiger partial charge in [0, 0.05) is 7.05 Å². The molecule has 0 aliphatic heterocycles. The molecule has 0 saturated carbocycles. The average molecular weight is 194 g/mol. The van der Waals surface area contributed by atoms with Crippen molar-refractivity contribution in [2.45, 2.75) is 6.42 Å². The molecule has 0 fully saturated rings. The van der Waals surface area contributed by atoms with Gasteiger partial charge in [-0.1, -0.05) is 12.1 Å². The van der Waals surface area contributed by atoms with Crippen LogP contribution in [0.1, 0.15) is 5.56 Å². The quantitative estimate of drug-likeness (QED) is 0.435. The normalized spacial score (nSPS) is 9.64. The second-order valence-electron chi connectivity index (χ2n) is 3.03. The predicted octanol–water partition coefficient (Wildman–Crippen LogP) is 0.570. The number of hydrogen-bond acceptors (Lipinski definition) is 3. The van der Waals surface area contributed by atoms with Crippen LogP contribution in [0.25, 0.3) is 0 Å². The highest BCUT2D eigenvalue weighted by atomic mass is 16.5. The number of nitrogens with two attached hydrogens (primary N) is 1. The maximum Gasteiger partial charge on any atom is 0.240 e. The van der Waals surface area contributed by atoms with Crippen LogP contribution >= 0.6 is 0 Å². The van der Waals surface area contributed by atoms with Gasteiger partial charge in [-0.25, -0.2) is 5.84 Å². The summed E-state index contributed by atoms with van der Waals surface area (Å²) in [6.45, 7) is 0. The molecule has 0 bridgehead atoms. The van der Waals surface area contributed by atoms with Crippen LogP contribution in [0.2, 0.25) is 0 Å². The maximum absolute atomic E-state index is 11.2. The van der Waals surface area contributed by atoms with Gasteiger partial charge in [-0.3, -0.25) is 9.80 Å². The van der Waals surface area contributed by atoms with E-state index in [9.17, 15) is 4.79 Å². The first-order valence-corrected chi connectivity index (χ1v) is 4.27. The Bertz CT molecular complexity index is 306. The SMILES string of the molecule is COc1ccc(CC(=O)N(C)N)cc1. The third-order valence-corrected chi connectivity index (χ3v) is 1.91. The van der Waals surface area contributed by atoms with E-state index in [1.165, 1.54) is 7.05 Å². The molecule has 0 heterocycles. The molecule has 1 rings (SSSR count). The molecule has 1 aromatic carbocycles. The summed E-state index contributed by atoms with van der Waals surface area (Å²) >= 11 is 0. The molecule has 14 heavy (non-hydrogen) atoms. The second-order valence-corrected chi connectivity index (χ2v) is 3.03. The molecule has 1 amide bonds. The highest BCUT2D eigenvalue weighted by Crippen LogP contribution is 2.11. The smallest absolute Gasteiger partial charge is 0.240 e. The first-order valence-electron chi connectivity index (χ1n) is 4.27. The predicted molar refractivity (Wildman–Crippen MR) is 53.7 cm³/mol. The monoisotopic (exact) mass is 194 g/mol. The Morgan fingerprint density at radius 1 is 1.43 bits per heavy atom. The lowest BCUT2D eigenvalue weighted by atomic mass is 10.1. The van der Waals surface area contributed by atoms with Gasteiger partial charge in [-0.15, -0.1) is 0 Å². The van der Waals surface area contributed by atoms with Crippen molar-refractivity contribution < 1.29 is 9.53 Å². The Labute approximate surface area is 83.2 Å². The zero-order valence-electron chi connectivity index (χ0n) is 8.36. The number of hydrogen-bond donors (Lipinski definition) is 1. The number of benzene rings is 1. The molecule has 0 radical (unpaired) electrons. The van der Waals surface area contributed by atoms with Crippen molar-refractivity contribution in [1.29, 1.82) is 0 Å². The summed E-state index contributed by atoms with van der Waals surface area (Å²) in [5.74, 6) is 5.96. The van der Waals surface area contributed by atoms with Crippen LogP contribution in [-0.4, -0.2) is 25.1 Å². The van der Waals surface area contributed by atoms with E-state index in [0.717, 1.165) is 16.3 Å². The average Bonchev–Trinajstić information content (AvgIpc) is 2.19. The summed E-state index contributed by atoms with van der Waals surface area (Å²) in [4.78, 5) is 11.2. The molecule has 0 saturated heterocycles. The molecule has 0 atom stereocenters. The van der Waals surface area contributed by atoms with Gasteiger partial charge in [0.2, 0.25) is 5.91 Å². The van der Waals surface area contributed by atoms with Crippen molar-refractivity contribution >= 4 is 5.91 Å². The maximum atomic E-state index is 11.2. The van der Waals surface area contributed by atoms with Crippen LogP contribution in [-0.2, 0) is 11.2 Å². The molecular weight excluding hydrogens is 180 g/mol. The minimum absolute atomic E-state index is 0.116. The van der Waals surface area contributed by atoms with E-state index in [1.54, 1.807) is 7.11 Å². The van der Waals surface area contributed by atoms with Gasteiger partial charge in [0.1, 0.15) is 5.75 Å². The zero-order valence-corrected chi connectivity index (χ0v) is 8.36. The fourth-order valence-electron chi connectivity index (χ4n) is 1.04. The van der Waals surface area contributed by atoms with E-state index < -0.39 is 0 Å². The Hall–Kier alpha value is -1.55. The molecule has 0 unspecified atom stereocenters. The Balaban J connectivity index is 2.64. The summed E-state index contributed by atoms with van der Waals surface area (Å²) in [5, 5.41) is 1.09. The number of nitrogens with zero attached hydrogens (tertiary/aromatic N) is 1. The molecule has 4 heteroatoms. The fraction of sp³-hybridized carbons (Fsp3) is 0.300. The number of amides is 1. The lowest BCUT2D eigenvalue weighted by molar-refractivity contribution is -0.129. The van der Waals surface area contributed by atoms with Crippen LogP contribution in [0.15, 0.2) is 24.3 Å². The molecule has 76 valence electrons. The van der Waals surface area contributed by atoms with E-state index in [4.69, 9.17) is 10.6 Å². The lowest BCUT2D eigenvalue weighted by Gasteiger charge is -2.09. The molecule has 2 N–H and O–H groups in total. The van der Waals surface area contributed by atoms with Gasteiger partial charge in [0.05, 0.1) is 13.5 Å². The number of hydrazine groups is 1. The molecule has 0 aliphatic rings. The van der Waals surface area contributed by atoms with Crippen molar-refractivity contribution in [2.24, 2.45) is 5.84 Å². The summed E-state index contributed by atoms with van der Waals surface area (Å²) < 4.78 is 5.00. The topological polar surface area (TPSA) is 55.6 Å². The number of carbonyl (C=O) groups excluding carboxylic acids is 1. The number of methoxy groups -OCH3 is 1. The van der Waals surface area contributed by atoms with E-state index in [-0.39, 0.29) is 5.91 Å². The van der Waals surface area contributed by atoms with Crippen molar-refractivity contribution in [3.8, 4) is 5.75 Å². The summed E-state index contributed by atoms with van der Waals surface area (Å²) in [6, 6.07) is 7.33. The number of rotatable bonds is 3. The molecule has 0 aliphatic carbocycles. The molecule has 0 spiro atoms. The third kappa shape index (κ3) is 2.74. The standard InChI is InChI=1S/C10H14N2O2/c1-12(11)10(13)7-8-3-5-9(14-2)6-4-8/h3-6H,7,11H2,1-2H3. The summed E-state index contributed by atoms with van der Waals surface area (Å²) in [6.07, 6.45) is 0.316. The van der Waals surface area contributed by atoms with Gasteiger partial charge >= 0.3 is 0 Å². The van der Waals surface area contributed by atoms with Crippen molar-refractivity contribution in [1.82, 2.24) is 5.01 Å². The van der Waals surface area contributed by atoms with Gasteiger partial charge in [-0.05, 0) is 17.7 Å². The number of carbonyl (C=O) groups is 1. The van der Waals surface area contributed by atoms with Gasteiger partial charge in [-0.2, -0.15) is 0 Å². The van der Waals surface area contributed by atoms with Crippen LogP contribution in [0.5, 0.6) is 5.75 Å². The molecule has 0 aromatic heterocycles. The van der Waals surface area contributed by atoms with E-state index >= 15 is 0 Å². The van der Waals surface area contributed by atoms with Crippen LogP contribution in [0, 0.1) is 0 Å². The zero-order chi connectivity index (χ0) is 10.6. The van der Waals surface area contributed by atoms with Crippen molar-refractivity contribution in [2.75, 3.05) is 14.2 Å². The minimum Gasteiger partial charge on any atom is -0.497 e. The first kappa shape index (κ1) is 10.5. The first-order chi connectivity index (χ1) is 6.63. The molecule has 1 aromatic rings. The van der Waals surface area contributed by atoms with E-state index in [0.29, 0.717) is 6.42 Å². The van der Waals surface area contributed by atoms with Gasteiger partial charge in [0.15, 0.2) is 0 Å². The summed E-state index contributed by atoms with van der Waals surface area (Å²) in [7, 11) is 3.14. The minimum atomic E-state index is -0.116. The van der Waals surface area contributed by atoms with Crippen LogP contribution < -0.4 is 10.6 Å². The van der Waals surface area contributed by atoms with Crippen LogP contribution in [0.3, 0.4) is 0 Å². The highest BCUT2D eigenvalue weighted by molar-refractivity contribution is 5.77. The van der Waals surface area contributed by atoms with E-state index in [2.05, 4.69) is 0 Å². The summed E-state index contributed by atoms with van der Waals surface area (Å²) in [5.41, 5.74) is 0.924. The van der Waals surface area contributed by atoms with Crippen LogP contribution in [0.4, 0.5) is 0 Å². The lowest BCUT2D eigenvalue weighted by Crippen LogP contribution is -2.34. The number of likely N-dealkylation sites (N-methyl/N-ethyl adjacent to an activating group) is 1. The largest absolute Gasteiger partial charge is 0.497 e. The van der Waals surface area contributed by atoms with Gasteiger partial charge < -0.3 is 4.74 Å². The Kier molecular flexibility index (Phi) is 3.48. The third-order valence-electron chi connectivity index (χ3n) is 1.91. The fourth-order valence-corrected chi connectivity index (χ4v) is 1.04. The molecular formula is C10H14N2O2. The van der Waals surface area contributed by atoms with Gasteiger partial charge in [0.25, 0.3) is 0 Å². The van der Waals surface area contributed by atoms with Crippen molar-refractivity contribution in [3.05, 3.63) is 29.8 Å². The Morgan fingerprint density at radius 3 is 2.43 bits per heavy atom. The van der Waals surface area contributed by atoms with Crippen molar-refractivity contribution in [3.63, 3.8) is 0 Å². The molecule has 4 nitrogen and oxygen atoms in total. The van der Waals surface area contributed by atoms with E-state index in [1.807, 2.05) is 24.3 Å². The second kappa shape index (κ2) is 4.62.